The quantitative estimate of drug-likeness (QED) is 0.121. The topological polar surface area (TPSA) is 206 Å². The van der Waals surface area contributed by atoms with Crippen molar-refractivity contribution in [2.75, 3.05) is 13.1 Å². The number of guanidine groups is 1. The number of aliphatic hydroxyl groups excluding tert-OH is 1. The van der Waals surface area contributed by atoms with Crippen LogP contribution < -0.4 is 27.8 Å². The second-order valence-electron chi connectivity index (χ2n) is 4.84. The molecule has 0 heterocycles. The molecule has 2 amide bonds. The van der Waals surface area contributed by atoms with Crippen molar-refractivity contribution in [1.82, 2.24) is 10.6 Å². The number of aliphatic carboxylic acids is 1. The number of hydrogen-bond donors (Lipinski definition) is 7. The molecule has 0 bridgehead atoms. The van der Waals surface area contributed by atoms with Gasteiger partial charge in [0.05, 0.1) is 12.6 Å². The van der Waals surface area contributed by atoms with Gasteiger partial charge < -0.3 is 38.0 Å². The van der Waals surface area contributed by atoms with Crippen molar-refractivity contribution in [1.29, 1.82) is 0 Å². The summed E-state index contributed by atoms with van der Waals surface area (Å²) in [5.41, 5.74) is 15.5. The highest BCUT2D eigenvalue weighted by Crippen LogP contribution is 2.01. The van der Waals surface area contributed by atoms with E-state index in [1.807, 2.05) is 0 Å². The first kappa shape index (κ1) is 20.6. The lowest BCUT2D eigenvalue weighted by Gasteiger charge is -2.22. The molecule has 11 heteroatoms. The molecule has 3 unspecified atom stereocenters. The van der Waals surface area contributed by atoms with Gasteiger partial charge in [-0.05, 0) is 19.8 Å². The van der Waals surface area contributed by atoms with Gasteiger partial charge in [0, 0.05) is 6.54 Å². The number of nitrogens with one attached hydrogen (secondary N) is 2. The van der Waals surface area contributed by atoms with Gasteiger partial charge >= 0.3 is 5.97 Å². The number of nitrogens with zero attached hydrogens (tertiary/aromatic N) is 1. The molecule has 0 spiro atoms. The smallest absolute Gasteiger partial charge is 0.328 e. The number of aliphatic hydroxyl groups is 1. The number of hydrogen-bond acceptors (Lipinski definition) is 6. The van der Waals surface area contributed by atoms with Crippen LogP contribution in [0.1, 0.15) is 19.8 Å². The van der Waals surface area contributed by atoms with Crippen LogP contribution >= 0.6 is 0 Å². The minimum Gasteiger partial charge on any atom is -0.480 e. The molecule has 0 aromatic carbocycles. The van der Waals surface area contributed by atoms with Crippen molar-refractivity contribution in [3.05, 3.63) is 0 Å². The highest BCUT2D eigenvalue weighted by molar-refractivity contribution is 5.90. The number of carbonyl (C=O) groups is 3. The molecule has 10 N–H and O–H groups in total. The van der Waals surface area contributed by atoms with Crippen LogP contribution in [-0.2, 0) is 14.4 Å². The van der Waals surface area contributed by atoms with Gasteiger partial charge in [-0.3, -0.25) is 14.6 Å². The number of carboxylic acids is 1. The lowest BCUT2D eigenvalue weighted by molar-refractivity contribution is -0.145. The molecule has 0 fully saturated rings. The molecule has 23 heavy (non-hydrogen) atoms. The highest BCUT2D eigenvalue weighted by atomic mass is 16.4. The Bertz CT molecular complexity index is 449. The van der Waals surface area contributed by atoms with Crippen LogP contribution in [0.15, 0.2) is 4.99 Å². The fraction of sp³-hybridized carbons (Fsp3) is 0.667. The fourth-order valence-corrected chi connectivity index (χ4v) is 1.67. The van der Waals surface area contributed by atoms with E-state index in [4.69, 9.17) is 22.3 Å². The van der Waals surface area contributed by atoms with E-state index >= 15 is 0 Å². The van der Waals surface area contributed by atoms with Gasteiger partial charge in [-0.25, -0.2) is 4.79 Å². The Balaban J connectivity index is 4.82. The average Bonchev–Trinajstić information content (AvgIpc) is 2.46. The van der Waals surface area contributed by atoms with Crippen molar-refractivity contribution < 1.29 is 24.6 Å². The van der Waals surface area contributed by atoms with Crippen LogP contribution in [-0.4, -0.2) is 65.2 Å². The van der Waals surface area contributed by atoms with Crippen LogP contribution in [0, 0.1) is 0 Å². The number of rotatable bonds is 10. The molecule has 3 atom stereocenters. The Morgan fingerprint density at radius 2 is 1.83 bits per heavy atom. The van der Waals surface area contributed by atoms with Crippen molar-refractivity contribution in [2.45, 2.75) is 38.0 Å². The molecule has 0 aliphatic heterocycles. The predicted octanol–water partition coefficient (Wildman–Crippen LogP) is -3.57. The SMILES string of the molecule is CC(O)C(NC(=O)C(CCCN=C(N)N)NC(=O)CN)C(=O)O. The fourth-order valence-electron chi connectivity index (χ4n) is 1.67. The first-order valence-electron chi connectivity index (χ1n) is 6.95. The molecular formula is C12H24N6O5. The maximum atomic E-state index is 12.1. The van der Waals surface area contributed by atoms with Crippen LogP contribution in [0.25, 0.3) is 0 Å². The third-order valence-electron chi connectivity index (χ3n) is 2.83. The monoisotopic (exact) mass is 332 g/mol. The summed E-state index contributed by atoms with van der Waals surface area (Å²) in [5.74, 6) is -2.81. The molecule has 0 saturated carbocycles. The Labute approximate surface area is 133 Å². The number of amides is 2. The third-order valence-corrected chi connectivity index (χ3v) is 2.83. The summed E-state index contributed by atoms with van der Waals surface area (Å²) in [7, 11) is 0. The zero-order valence-corrected chi connectivity index (χ0v) is 12.9. The van der Waals surface area contributed by atoms with Gasteiger partial charge in [0.25, 0.3) is 0 Å². The minimum absolute atomic E-state index is 0.1000. The summed E-state index contributed by atoms with van der Waals surface area (Å²) in [4.78, 5) is 38.2. The number of carboxylic acid groups (broad SMARTS) is 1. The van der Waals surface area contributed by atoms with Crippen LogP contribution in [0.2, 0.25) is 0 Å². The number of nitrogens with two attached hydrogens (primary N) is 3. The van der Waals surface area contributed by atoms with Crippen LogP contribution in [0.4, 0.5) is 0 Å². The van der Waals surface area contributed by atoms with Crippen molar-refractivity contribution in [3.63, 3.8) is 0 Å². The Morgan fingerprint density at radius 3 is 2.26 bits per heavy atom. The van der Waals surface area contributed by atoms with Gasteiger partial charge in [-0.2, -0.15) is 0 Å². The lowest BCUT2D eigenvalue weighted by Crippen LogP contribution is -2.55. The maximum Gasteiger partial charge on any atom is 0.328 e. The van der Waals surface area contributed by atoms with E-state index in [1.165, 1.54) is 6.92 Å². The van der Waals surface area contributed by atoms with Crippen LogP contribution in [0.3, 0.4) is 0 Å². The largest absolute Gasteiger partial charge is 0.480 e. The maximum absolute atomic E-state index is 12.1. The molecule has 0 saturated heterocycles. The van der Waals surface area contributed by atoms with Gasteiger partial charge in [-0.1, -0.05) is 0 Å². The summed E-state index contributed by atoms with van der Waals surface area (Å²) in [5, 5.41) is 22.9. The molecule has 0 aromatic heterocycles. The van der Waals surface area contributed by atoms with E-state index in [1.54, 1.807) is 0 Å². The predicted molar refractivity (Wildman–Crippen MR) is 82.1 cm³/mol. The molecule has 132 valence electrons. The van der Waals surface area contributed by atoms with E-state index in [0.29, 0.717) is 6.42 Å². The number of aliphatic imine (C=N–C) groups is 1. The first-order valence-corrected chi connectivity index (χ1v) is 6.95. The first-order chi connectivity index (χ1) is 10.7. The Hall–Kier alpha value is -2.40. The van der Waals surface area contributed by atoms with E-state index in [9.17, 15) is 19.5 Å². The summed E-state index contributed by atoms with van der Waals surface area (Å²) in [6.45, 7) is 1.14. The van der Waals surface area contributed by atoms with E-state index in [-0.39, 0.29) is 25.5 Å². The van der Waals surface area contributed by atoms with Crippen molar-refractivity contribution >= 4 is 23.7 Å². The summed E-state index contributed by atoms with van der Waals surface area (Å²) >= 11 is 0. The van der Waals surface area contributed by atoms with Gasteiger partial charge in [0.1, 0.15) is 6.04 Å². The Kier molecular flexibility index (Phi) is 9.27. The zero-order chi connectivity index (χ0) is 18.0. The summed E-state index contributed by atoms with van der Waals surface area (Å²) in [6, 6.07) is -2.50. The summed E-state index contributed by atoms with van der Waals surface area (Å²) in [6.07, 6.45) is -0.766. The average molecular weight is 332 g/mol. The molecule has 0 aliphatic carbocycles. The zero-order valence-electron chi connectivity index (χ0n) is 12.9. The lowest BCUT2D eigenvalue weighted by atomic mass is 10.1. The summed E-state index contributed by atoms with van der Waals surface area (Å²) < 4.78 is 0. The van der Waals surface area contributed by atoms with Crippen LogP contribution in [0.5, 0.6) is 0 Å². The normalized spacial score (nSPS) is 14.2. The third kappa shape index (κ3) is 8.58. The van der Waals surface area contributed by atoms with E-state index in [0.717, 1.165) is 0 Å². The van der Waals surface area contributed by atoms with Gasteiger partial charge in [0.15, 0.2) is 12.0 Å². The molecule has 0 aliphatic rings. The molecule has 0 aromatic rings. The molecule has 0 rings (SSSR count). The standard InChI is InChI=1S/C12H24N6O5/c1-6(19)9(11(22)23)18-10(21)7(17-8(20)5-13)3-2-4-16-12(14)15/h6-7,9,19H,2-5,13H2,1H3,(H,17,20)(H,18,21)(H,22,23)(H4,14,15,16). The second-order valence-corrected chi connectivity index (χ2v) is 4.84. The molecular weight excluding hydrogens is 308 g/mol. The van der Waals surface area contributed by atoms with Gasteiger partial charge in [0.2, 0.25) is 11.8 Å². The van der Waals surface area contributed by atoms with Crippen molar-refractivity contribution in [2.24, 2.45) is 22.2 Å². The highest BCUT2D eigenvalue weighted by Gasteiger charge is 2.29. The van der Waals surface area contributed by atoms with E-state index < -0.39 is 36.0 Å². The minimum atomic E-state index is -1.49. The molecule has 11 nitrogen and oxygen atoms in total. The van der Waals surface area contributed by atoms with Gasteiger partial charge in [-0.15, -0.1) is 0 Å². The molecule has 0 radical (unpaired) electrons. The number of carbonyl (C=O) groups excluding carboxylic acids is 2. The van der Waals surface area contributed by atoms with Crippen molar-refractivity contribution in [3.8, 4) is 0 Å². The second kappa shape index (κ2) is 10.3. The van der Waals surface area contributed by atoms with E-state index in [2.05, 4.69) is 15.6 Å². The Morgan fingerprint density at radius 1 is 1.22 bits per heavy atom.